The largest absolute Gasteiger partial charge is 0.497 e. The van der Waals surface area contributed by atoms with E-state index in [0.29, 0.717) is 6.54 Å². The number of hydrogen-bond donors (Lipinski definition) is 2. The van der Waals surface area contributed by atoms with Crippen molar-refractivity contribution in [3.8, 4) is 16.9 Å². The molecule has 3 rings (SSSR count). The first-order valence-corrected chi connectivity index (χ1v) is 9.57. The van der Waals surface area contributed by atoms with Gasteiger partial charge in [-0.05, 0) is 55.1 Å². The number of carbonyl (C=O) groups excluding carboxylic acids is 1. The van der Waals surface area contributed by atoms with Gasteiger partial charge in [-0.2, -0.15) is 0 Å². The minimum Gasteiger partial charge on any atom is -0.497 e. The highest BCUT2D eigenvalue weighted by Crippen LogP contribution is 2.22. The Morgan fingerprint density at radius 3 is 2.10 bits per heavy atom. The summed E-state index contributed by atoms with van der Waals surface area (Å²) in [5.41, 5.74) is 4.14. The summed E-state index contributed by atoms with van der Waals surface area (Å²) < 4.78 is 5.22. The van der Waals surface area contributed by atoms with Gasteiger partial charge in [0.15, 0.2) is 0 Å². The van der Waals surface area contributed by atoms with Gasteiger partial charge in [-0.15, -0.1) is 0 Å². The molecule has 5 nitrogen and oxygen atoms in total. The Labute approximate surface area is 172 Å². The standard InChI is InChI=1S/C24H27N3O2/c1-27(2)23(20-11-15-22(29-3)16-12-20)17-25-24(28)26-21-13-9-19(10-14-21)18-7-5-4-6-8-18/h4-16,23H,17H2,1-3H3,(H2,25,26,28). The van der Waals surface area contributed by atoms with Gasteiger partial charge in [0.25, 0.3) is 0 Å². The van der Waals surface area contributed by atoms with Crippen molar-refractivity contribution in [1.82, 2.24) is 10.2 Å². The van der Waals surface area contributed by atoms with E-state index < -0.39 is 0 Å². The fourth-order valence-corrected chi connectivity index (χ4v) is 3.17. The van der Waals surface area contributed by atoms with Crippen LogP contribution in [0.1, 0.15) is 11.6 Å². The third-order valence-corrected chi connectivity index (χ3v) is 4.83. The zero-order valence-electron chi connectivity index (χ0n) is 17.1. The molecule has 0 aliphatic carbocycles. The van der Waals surface area contributed by atoms with E-state index in [4.69, 9.17) is 4.74 Å². The van der Waals surface area contributed by atoms with E-state index in [1.165, 1.54) is 0 Å². The van der Waals surface area contributed by atoms with E-state index in [-0.39, 0.29) is 12.1 Å². The maximum atomic E-state index is 12.4. The lowest BCUT2D eigenvalue weighted by Gasteiger charge is -2.25. The van der Waals surface area contributed by atoms with Crippen LogP contribution in [0.25, 0.3) is 11.1 Å². The first-order valence-electron chi connectivity index (χ1n) is 9.57. The summed E-state index contributed by atoms with van der Waals surface area (Å²) in [6.45, 7) is 0.493. The summed E-state index contributed by atoms with van der Waals surface area (Å²) in [7, 11) is 5.64. The van der Waals surface area contributed by atoms with E-state index in [1.54, 1.807) is 7.11 Å². The maximum absolute atomic E-state index is 12.4. The average molecular weight is 389 g/mol. The number of anilines is 1. The molecule has 0 bridgehead atoms. The van der Waals surface area contributed by atoms with Gasteiger partial charge < -0.3 is 20.3 Å². The SMILES string of the molecule is COc1ccc(C(CNC(=O)Nc2ccc(-c3ccccc3)cc2)N(C)C)cc1. The molecule has 0 heterocycles. The van der Waals surface area contributed by atoms with Crippen LogP contribution in [-0.4, -0.2) is 38.7 Å². The molecule has 2 N–H and O–H groups in total. The number of nitrogens with one attached hydrogen (secondary N) is 2. The van der Waals surface area contributed by atoms with Gasteiger partial charge in [0.1, 0.15) is 5.75 Å². The molecule has 0 saturated carbocycles. The fraction of sp³-hybridized carbons (Fsp3) is 0.208. The van der Waals surface area contributed by atoms with Gasteiger partial charge in [-0.3, -0.25) is 0 Å². The Bertz CT molecular complexity index is 907. The second-order valence-electron chi connectivity index (χ2n) is 7.03. The quantitative estimate of drug-likeness (QED) is 0.611. The normalized spacial score (nSPS) is 11.7. The second kappa shape index (κ2) is 9.75. The Kier molecular flexibility index (Phi) is 6.87. The van der Waals surface area contributed by atoms with E-state index in [2.05, 4.69) is 27.7 Å². The van der Waals surface area contributed by atoms with Gasteiger partial charge in [0.05, 0.1) is 13.2 Å². The van der Waals surface area contributed by atoms with Gasteiger partial charge in [-0.25, -0.2) is 4.79 Å². The van der Waals surface area contributed by atoms with Crippen molar-refractivity contribution in [3.05, 3.63) is 84.4 Å². The van der Waals surface area contributed by atoms with Crippen LogP contribution in [-0.2, 0) is 0 Å². The highest BCUT2D eigenvalue weighted by atomic mass is 16.5. The van der Waals surface area contributed by atoms with E-state index >= 15 is 0 Å². The van der Waals surface area contributed by atoms with Gasteiger partial charge in [-0.1, -0.05) is 54.6 Å². The van der Waals surface area contributed by atoms with Crippen LogP contribution in [0.5, 0.6) is 5.75 Å². The minimum absolute atomic E-state index is 0.0621. The molecule has 150 valence electrons. The summed E-state index contributed by atoms with van der Waals surface area (Å²) in [6.07, 6.45) is 0. The molecule has 0 spiro atoms. The third kappa shape index (κ3) is 5.59. The predicted molar refractivity (Wildman–Crippen MR) is 118 cm³/mol. The van der Waals surface area contributed by atoms with Crippen molar-refractivity contribution in [3.63, 3.8) is 0 Å². The molecule has 0 fully saturated rings. The molecule has 3 aromatic carbocycles. The number of urea groups is 1. The Morgan fingerprint density at radius 2 is 1.52 bits per heavy atom. The van der Waals surface area contributed by atoms with Crippen LogP contribution in [0, 0.1) is 0 Å². The van der Waals surface area contributed by atoms with Crippen LogP contribution in [0.2, 0.25) is 0 Å². The zero-order chi connectivity index (χ0) is 20.6. The summed E-state index contributed by atoms with van der Waals surface area (Å²) in [5, 5.41) is 5.86. The van der Waals surface area contributed by atoms with Crippen LogP contribution in [0.3, 0.4) is 0 Å². The van der Waals surface area contributed by atoms with Gasteiger partial charge in [0.2, 0.25) is 0 Å². The van der Waals surface area contributed by atoms with Crippen LogP contribution in [0.15, 0.2) is 78.9 Å². The first kappa shape index (κ1) is 20.4. The zero-order valence-corrected chi connectivity index (χ0v) is 17.1. The summed E-state index contributed by atoms with van der Waals surface area (Å²) in [6, 6.07) is 25.7. The van der Waals surface area contributed by atoms with Crippen molar-refractivity contribution in [2.24, 2.45) is 0 Å². The lowest BCUT2D eigenvalue weighted by atomic mass is 10.1. The minimum atomic E-state index is -0.224. The molecular formula is C24H27N3O2. The Balaban J connectivity index is 1.57. The lowest BCUT2D eigenvalue weighted by molar-refractivity contribution is 0.243. The molecule has 0 aliphatic heterocycles. The van der Waals surface area contributed by atoms with E-state index in [9.17, 15) is 4.79 Å². The number of amides is 2. The molecule has 0 aliphatic rings. The monoisotopic (exact) mass is 389 g/mol. The van der Waals surface area contributed by atoms with Crippen molar-refractivity contribution < 1.29 is 9.53 Å². The van der Waals surface area contributed by atoms with Crippen molar-refractivity contribution >= 4 is 11.7 Å². The predicted octanol–water partition coefficient (Wildman–Crippen LogP) is 4.79. The van der Waals surface area contributed by atoms with Crippen molar-refractivity contribution in [1.29, 1.82) is 0 Å². The number of benzene rings is 3. The van der Waals surface area contributed by atoms with E-state index in [0.717, 1.165) is 28.1 Å². The highest BCUT2D eigenvalue weighted by molar-refractivity contribution is 5.89. The van der Waals surface area contributed by atoms with Crippen molar-refractivity contribution in [2.45, 2.75) is 6.04 Å². The molecule has 0 saturated heterocycles. The summed E-state index contributed by atoms with van der Waals surface area (Å²) in [5.74, 6) is 0.816. The first-order chi connectivity index (χ1) is 14.1. The number of methoxy groups -OCH3 is 1. The molecule has 2 amide bonds. The lowest BCUT2D eigenvalue weighted by Crippen LogP contribution is -2.36. The number of hydrogen-bond acceptors (Lipinski definition) is 3. The van der Waals surface area contributed by atoms with Crippen LogP contribution in [0.4, 0.5) is 10.5 Å². The average Bonchev–Trinajstić information content (AvgIpc) is 2.75. The molecule has 3 aromatic rings. The number of carbonyl (C=O) groups is 1. The smallest absolute Gasteiger partial charge is 0.319 e. The molecule has 1 atom stereocenters. The second-order valence-corrected chi connectivity index (χ2v) is 7.03. The van der Waals surface area contributed by atoms with Crippen LogP contribution >= 0.6 is 0 Å². The number of likely N-dealkylation sites (N-methyl/N-ethyl adjacent to an activating group) is 1. The van der Waals surface area contributed by atoms with E-state index in [1.807, 2.05) is 80.8 Å². The van der Waals surface area contributed by atoms with Gasteiger partial charge in [0, 0.05) is 12.2 Å². The molecule has 0 radical (unpaired) electrons. The molecule has 5 heteroatoms. The Morgan fingerprint density at radius 1 is 0.897 bits per heavy atom. The van der Waals surface area contributed by atoms with Crippen LogP contribution < -0.4 is 15.4 Å². The fourth-order valence-electron chi connectivity index (χ4n) is 3.17. The number of nitrogens with zero attached hydrogens (tertiary/aromatic N) is 1. The summed E-state index contributed by atoms with van der Waals surface area (Å²) in [4.78, 5) is 14.4. The molecule has 1 unspecified atom stereocenters. The molecular weight excluding hydrogens is 362 g/mol. The third-order valence-electron chi connectivity index (χ3n) is 4.83. The molecule has 0 aromatic heterocycles. The maximum Gasteiger partial charge on any atom is 0.319 e. The summed E-state index contributed by atoms with van der Waals surface area (Å²) >= 11 is 0. The topological polar surface area (TPSA) is 53.6 Å². The number of ether oxygens (including phenoxy) is 1. The Hall–Kier alpha value is -3.31. The van der Waals surface area contributed by atoms with Crippen molar-refractivity contribution in [2.75, 3.05) is 33.1 Å². The number of rotatable bonds is 7. The molecule has 29 heavy (non-hydrogen) atoms. The van der Waals surface area contributed by atoms with Gasteiger partial charge >= 0.3 is 6.03 Å². The highest BCUT2D eigenvalue weighted by Gasteiger charge is 2.15.